The lowest BCUT2D eigenvalue weighted by Crippen LogP contribution is -2.54. The van der Waals surface area contributed by atoms with Crippen LogP contribution in [0.3, 0.4) is 0 Å². The molecule has 3 aliphatic rings. The number of nitriles is 1. The highest BCUT2D eigenvalue weighted by atomic mass is 16.2. The molecule has 4 bridgehead atoms. The Morgan fingerprint density at radius 1 is 1.33 bits per heavy atom. The molecule has 0 spiro atoms. The lowest BCUT2D eigenvalue weighted by Gasteiger charge is -2.43. The molecule has 108 valence electrons. The Morgan fingerprint density at radius 3 is 2.67 bits per heavy atom. The summed E-state index contributed by atoms with van der Waals surface area (Å²) < 4.78 is 0. The number of carbonyl (C=O) groups is 1. The van der Waals surface area contributed by atoms with Gasteiger partial charge in [0.1, 0.15) is 5.54 Å². The van der Waals surface area contributed by atoms with Gasteiger partial charge in [-0.25, -0.2) is 0 Å². The van der Waals surface area contributed by atoms with Gasteiger partial charge in [0.05, 0.1) is 6.07 Å². The quantitative estimate of drug-likeness (QED) is 0.792. The monoisotopic (exact) mass is 280 g/mol. The van der Waals surface area contributed by atoms with Gasteiger partial charge >= 0.3 is 0 Å². The van der Waals surface area contributed by atoms with Crippen LogP contribution < -0.4 is 0 Å². The lowest BCUT2D eigenvalue weighted by atomic mass is 9.66. The van der Waals surface area contributed by atoms with Crippen LogP contribution in [0.2, 0.25) is 0 Å². The van der Waals surface area contributed by atoms with E-state index in [9.17, 15) is 10.1 Å². The van der Waals surface area contributed by atoms with Gasteiger partial charge in [0.25, 0.3) is 5.91 Å². The predicted molar refractivity (Wildman–Crippen MR) is 79.4 cm³/mol. The third kappa shape index (κ3) is 1.19. The van der Waals surface area contributed by atoms with Gasteiger partial charge in [0.2, 0.25) is 0 Å². The predicted octanol–water partition coefficient (Wildman–Crippen LogP) is 3.23. The molecule has 1 aromatic carbocycles. The number of benzene rings is 1. The van der Waals surface area contributed by atoms with Crippen molar-refractivity contribution < 1.29 is 4.79 Å². The Bertz CT molecular complexity index is 664. The smallest absolute Gasteiger partial charge is 0.255 e. The van der Waals surface area contributed by atoms with Crippen molar-refractivity contribution in [3.8, 4) is 6.07 Å². The van der Waals surface area contributed by atoms with Crippen molar-refractivity contribution in [3.05, 3.63) is 35.9 Å². The van der Waals surface area contributed by atoms with E-state index in [2.05, 4.69) is 19.9 Å². The van der Waals surface area contributed by atoms with Crippen molar-refractivity contribution in [1.29, 1.82) is 5.26 Å². The number of piperidine rings is 1. The maximum absolute atomic E-state index is 12.9. The van der Waals surface area contributed by atoms with Gasteiger partial charge < -0.3 is 4.90 Å². The molecule has 1 amide bonds. The van der Waals surface area contributed by atoms with Crippen LogP contribution in [-0.4, -0.2) is 22.9 Å². The van der Waals surface area contributed by atoms with Crippen LogP contribution in [0, 0.1) is 28.1 Å². The minimum absolute atomic E-state index is 0.0208. The van der Waals surface area contributed by atoms with Gasteiger partial charge in [0, 0.05) is 17.5 Å². The molecule has 1 saturated heterocycles. The molecule has 0 aromatic heterocycles. The Hall–Kier alpha value is -1.82. The second-order valence-electron chi connectivity index (χ2n) is 7.42. The van der Waals surface area contributed by atoms with E-state index in [4.69, 9.17) is 0 Å². The molecule has 1 aromatic rings. The van der Waals surface area contributed by atoms with Gasteiger partial charge in [-0.05, 0) is 42.7 Å². The summed E-state index contributed by atoms with van der Waals surface area (Å²) in [6.45, 7) is 5.26. The van der Waals surface area contributed by atoms with Crippen LogP contribution in [0.5, 0.6) is 0 Å². The first-order valence-electron chi connectivity index (χ1n) is 7.77. The summed E-state index contributed by atoms with van der Waals surface area (Å²) in [7, 11) is 0. The van der Waals surface area contributed by atoms with E-state index in [1.165, 1.54) is 6.42 Å². The van der Waals surface area contributed by atoms with Crippen LogP contribution in [0.1, 0.15) is 43.5 Å². The molecule has 0 radical (unpaired) electrons. The van der Waals surface area contributed by atoms with Gasteiger partial charge in [-0.2, -0.15) is 5.26 Å². The standard InChI is InChI=1S/C18H20N2O/c1-16-12-20(15(21)13-6-4-3-5-7-13)18(11-19)10-14(16)8-9-17(16,18)2/h3-7,14H,8-10,12H2,1-2H3/t14-,16-,17-,18+/m0/s1. The summed E-state index contributed by atoms with van der Waals surface area (Å²) in [6.07, 6.45) is 3.14. The Balaban J connectivity index is 1.80. The molecular formula is C18H20N2O. The van der Waals surface area contributed by atoms with Crippen LogP contribution >= 0.6 is 0 Å². The summed E-state index contributed by atoms with van der Waals surface area (Å²) in [5.41, 5.74) is 0.150. The highest BCUT2D eigenvalue weighted by molar-refractivity contribution is 5.95. The zero-order valence-corrected chi connectivity index (χ0v) is 12.6. The zero-order valence-electron chi connectivity index (χ0n) is 12.6. The van der Waals surface area contributed by atoms with E-state index < -0.39 is 5.54 Å². The fourth-order valence-electron chi connectivity index (χ4n) is 5.49. The molecule has 21 heavy (non-hydrogen) atoms. The van der Waals surface area contributed by atoms with Crippen molar-refractivity contribution in [1.82, 2.24) is 4.90 Å². The van der Waals surface area contributed by atoms with E-state index in [0.717, 1.165) is 19.4 Å². The third-order valence-electron chi connectivity index (χ3n) is 7.01. The number of amides is 1. The van der Waals surface area contributed by atoms with Crippen molar-refractivity contribution in [2.45, 2.75) is 38.6 Å². The average Bonchev–Trinajstić information content (AvgIpc) is 2.96. The fraction of sp³-hybridized carbons (Fsp3) is 0.556. The fourth-order valence-corrected chi connectivity index (χ4v) is 5.49. The zero-order chi connectivity index (χ0) is 14.9. The minimum Gasteiger partial charge on any atom is -0.319 e. The second kappa shape index (κ2) is 3.68. The Labute approximate surface area is 125 Å². The minimum atomic E-state index is -0.600. The maximum atomic E-state index is 12.9. The molecule has 1 aliphatic heterocycles. The van der Waals surface area contributed by atoms with Gasteiger partial charge in [-0.15, -0.1) is 0 Å². The number of carbonyl (C=O) groups excluding carboxylic acids is 1. The van der Waals surface area contributed by atoms with Crippen molar-refractivity contribution >= 4 is 5.91 Å². The molecule has 3 nitrogen and oxygen atoms in total. The van der Waals surface area contributed by atoms with Crippen molar-refractivity contribution in [2.24, 2.45) is 16.7 Å². The first-order chi connectivity index (χ1) is 9.98. The maximum Gasteiger partial charge on any atom is 0.255 e. The molecule has 2 saturated carbocycles. The number of rotatable bonds is 1. The number of likely N-dealkylation sites (tertiary alicyclic amines) is 1. The van der Waals surface area contributed by atoms with Gasteiger partial charge in [0.15, 0.2) is 0 Å². The van der Waals surface area contributed by atoms with E-state index in [1.807, 2.05) is 35.2 Å². The molecular weight excluding hydrogens is 260 g/mol. The number of nitrogens with zero attached hydrogens (tertiary/aromatic N) is 2. The topological polar surface area (TPSA) is 44.1 Å². The molecule has 3 heteroatoms. The molecule has 3 fully saturated rings. The largest absolute Gasteiger partial charge is 0.319 e. The summed E-state index contributed by atoms with van der Waals surface area (Å²) in [5.74, 6) is 0.620. The number of hydrogen-bond acceptors (Lipinski definition) is 2. The highest BCUT2D eigenvalue weighted by Gasteiger charge is 2.78. The lowest BCUT2D eigenvalue weighted by molar-refractivity contribution is 0.0430. The van der Waals surface area contributed by atoms with Crippen LogP contribution in [-0.2, 0) is 0 Å². The molecule has 0 N–H and O–H groups in total. The summed E-state index contributed by atoms with van der Waals surface area (Å²) in [5, 5.41) is 9.97. The SMILES string of the molecule is C[C@@]12CC[C@H]3C[C@]1(C#N)N(C(=O)c1ccccc1)C[C@@]32C. The van der Waals surface area contributed by atoms with Crippen molar-refractivity contribution in [2.75, 3.05) is 6.54 Å². The van der Waals surface area contributed by atoms with Crippen LogP contribution in [0.4, 0.5) is 0 Å². The normalized spacial score (nSPS) is 43.1. The molecule has 4 atom stereocenters. The summed E-state index contributed by atoms with van der Waals surface area (Å²) in [6, 6.07) is 12.0. The average molecular weight is 280 g/mol. The summed E-state index contributed by atoms with van der Waals surface area (Å²) >= 11 is 0. The summed E-state index contributed by atoms with van der Waals surface area (Å²) in [4.78, 5) is 14.8. The first-order valence-corrected chi connectivity index (χ1v) is 7.77. The molecule has 4 rings (SSSR count). The highest BCUT2D eigenvalue weighted by Crippen LogP contribution is 2.75. The van der Waals surface area contributed by atoms with Gasteiger partial charge in [-0.3, -0.25) is 4.79 Å². The number of hydrogen-bond donors (Lipinski definition) is 0. The molecule has 1 heterocycles. The third-order valence-corrected chi connectivity index (χ3v) is 7.01. The van der Waals surface area contributed by atoms with E-state index >= 15 is 0 Å². The van der Waals surface area contributed by atoms with E-state index in [0.29, 0.717) is 11.5 Å². The van der Waals surface area contributed by atoms with E-state index in [-0.39, 0.29) is 16.7 Å². The first kappa shape index (κ1) is 12.9. The Morgan fingerprint density at radius 2 is 2.05 bits per heavy atom. The van der Waals surface area contributed by atoms with Crippen molar-refractivity contribution in [3.63, 3.8) is 0 Å². The van der Waals surface area contributed by atoms with Crippen LogP contribution in [0.25, 0.3) is 0 Å². The molecule has 0 unspecified atom stereocenters. The van der Waals surface area contributed by atoms with E-state index in [1.54, 1.807) is 0 Å². The van der Waals surface area contributed by atoms with Gasteiger partial charge in [-0.1, -0.05) is 32.0 Å². The molecule has 2 aliphatic carbocycles. The Kier molecular flexibility index (Phi) is 2.26. The second-order valence-corrected chi connectivity index (χ2v) is 7.42. The van der Waals surface area contributed by atoms with Crippen LogP contribution in [0.15, 0.2) is 30.3 Å².